The molecule has 0 heterocycles. The molecule has 0 aliphatic rings. The van der Waals surface area contributed by atoms with E-state index in [2.05, 4.69) is 29.0 Å². The van der Waals surface area contributed by atoms with Crippen LogP contribution in [0, 0.1) is 4.91 Å². The number of allylic oxidation sites excluding steroid dienone is 1. The Morgan fingerprint density at radius 3 is 2.39 bits per heavy atom. The summed E-state index contributed by atoms with van der Waals surface area (Å²) in [7, 11) is 1.44. The smallest absolute Gasteiger partial charge is 0.305 e. The fraction of sp³-hybridized carbons (Fsp3) is 0.842. The van der Waals surface area contributed by atoms with Crippen LogP contribution in [0.5, 0.6) is 0 Å². The summed E-state index contributed by atoms with van der Waals surface area (Å²) in [5, 5.41) is 3.24. The molecule has 4 nitrogen and oxygen atoms in total. The van der Waals surface area contributed by atoms with Gasteiger partial charge in [-0.2, -0.15) is 4.91 Å². The van der Waals surface area contributed by atoms with Crippen molar-refractivity contribution in [3.63, 3.8) is 0 Å². The molecule has 0 aliphatic carbocycles. The third kappa shape index (κ3) is 15.5. The zero-order valence-electron chi connectivity index (χ0n) is 15.1. The third-order valence-corrected chi connectivity index (χ3v) is 4.09. The number of esters is 1. The number of nitrogens with zero attached hydrogens (tertiary/aromatic N) is 1. The van der Waals surface area contributed by atoms with E-state index < -0.39 is 0 Å². The molecule has 0 aromatic rings. The Kier molecular flexibility index (Phi) is 16.3. The van der Waals surface area contributed by atoms with Crippen LogP contribution < -0.4 is 0 Å². The second kappa shape index (κ2) is 17.2. The van der Waals surface area contributed by atoms with Gasteiger partial charge in [0.2, 0.25) is 0 Å². The Bertz CT molecular complexity index is 316. The van der Waals surface area contributed by atoms with Crippen molar-refractivity contribution in [2.24, 2.45) is 5.18 Å². The highest BCUT2D eigenvalue weighted by molar-refractivity contribution is 5.68. The van der Waals surface area contributed by atoms with Crippen molar-refractivity contribution < 1.29 is 9.53 Å². The van der Waals surface area contributed by atoms with E-state index in [0.29, 0.717) is 6.42 Å². The van der Waals surface area contributed by atoms with Gasteiger partial charge in [0, 0.05) is 6.42 Å². The van der Waals surface area contributed by atoms with Crippen LogP contribution in [0.15, 0.2) is 17.3 Å². The van der Waals surface area contributed by atoms with Crippen LogP contribution in [0.25, 0.3) is 0 Å². The van der Waals surface area contributed by atoms with Gasteiger partial charge in [0.25, 0.3) is 0 Å². The van der Waals surface area contributed by atoms with E-state index in [9.17, 15) is 9.70 Å². The topological polar surface area (TPSA) is 55.7 Å². The van der Waals surface area contributed by atoms with Gasteiger partial charge in [-0.05, 0) is 32.1 Å². The Morgan fingerprint density at radius 1 is 1.00 bits per heavy atom. The first kappa shape index (κ1) is 21.8. The second-order valence-corrected chi connectivity index (χ2v) is 6.20. The molecular formula is C19H35NO3. The second-order valence-electron chi connectivity index (χ2n) is 6.20. The first-order valence-corrected chi connectivity index (χ1v) is 9.28. The minimum absolute atomic E-state index is 0.0403. The van der Waals surface area contributed by atoms with Gasteiger partial charge in [0.05, 0.1) is 13.2 Å². The van der Waals surface area contributed by atoms with Crippen LogP contribution in [0.1, 0.15) is 90.4 Å². The van der Waals surface area contributed by atoms with Crippen LogP contribution in [-0.4, -0.2) is 19.1 Å². The summed E-state index contributed by atoms with van der Waals surface area (Å²) in [5.74, 6) is -0.110. The van der Waals surface area contributed by atoms with E-state index in [4.69, 9.17) is 0 Å². The number of hydrogen-bond acceptors (Lipinski definition) is 4. The van der Waals surface area contributed by atoms with Crippen molar-refractivity contribution in [1.29, 1.82) is 0 Å². The summed E-state index contributed by atoms with van der Waals surface area (Å²) in [6.45, 7) is 2.19. The highest BCUT2D eigenvalue weighted by Crippen LogP contribution is 2.12. The molecule has 0 saturated carbocycles. The van der Waals surface area contributed by atoms with Crippen molar-refractivity contribution in [3.05, 3.63) is 17.1 Å². The molecule has 0 N–H and O–H groups in total. The average Bonchev–Trinajstić information content (AvgIpc) is 2.57. The number of unbranched alkanes of at least 4 members (excludes halogenated alkanes) is 8. The first-order chi connectivity index (χ1) is 11.2. The standard InChI is InChI=1S/C19H35NO3/c1-3-4-5-12-15-18(20-22)16-13-10-8-6-7-9-11-14-17-19(21)23-2/h10,13,18H,3-9,11-12,14-17H2,1-2H3/b13-10-. The summed E-state index contributed by atoms with van der Waals surface area (Å²) >= 11 is 0. The Balaban J connectivity index is 3.44. The maximum absolute atomic E-state index is 10.9. The lowest BCUT2D eigenvalue weighted by Gasteiger charge is -2.05. The highest BCUT2D eigenvalue weighted by Gasteiger charge is 2.05. The molecule has 0 aromatic heterocycles. The fourth-order valence-corrected chi connectivity index (χ4v) is 2.56. The molecule has 4 heteroatoms. The predicted molar refractivity (Wildman–Crippen MR) is 96.4 cm³/mol. The third-order valence-electron chi connectivity index (χ3n) is 4.09. The van der Waals surface area contributed by atoms with Crippen molar-refractivity contribution in [2.45, 2.75) is 96.4 Å². The number of hydrogen-bond donors (Lipinski definition) is 0. The van der Waals surface area contributed by atoms with E-state index in [-0.39, 0.29) is 12.0 Å². The molecular weight excluding hydrogens is 290 g/mol. The minimum Gasteiger partial charge on any atom is -0.469 e. The van der Waals surface area contributed by atoms with Crippen LogP contribution in [0.4, 0.5) is 0 Å². The SMILES string of the molecule is CCCCCCC(C/C=C\CCCCCCCC(=O)OC)N=O. The summed E-state index contributed by atoms with van der Waals surface area (Å²) in [4.78, 5) is 21.7. The quantitative estimate of drug-likeness (QED) is 0.153. The number of carbonyl (C=O) groups is 1. The Labute approximate surface area is 142 Å². The van der Waals surface area contributed by atoms with Crippen LogP contribution in [0.3, 0.4) is 0 Å². The zero-order valence-corrected chi connectivity index (χ0v) is 15.1. The van der Waals surface area contributed by atoms with E-state index in [0.717, 1.165) is 38.5 Å². The van der Waals surface area contributed by atoms with Gasteiger partial charge < -0.3 is 4.74 Å². The average molecular weight is 325 g/mol. The molecule has 0 saturated heterocycles. The molecule has 134 valence electrons. The Hall–Kier alpha value is -1.19. The van der Waals surface area contributed by atoms with E-state index in [1.165, 1.54) is 45.6 Å². The van der Waals surface area contributed by atoms with E-state index in [1.807, 2.05) is 0 Å². The van der Waals surface area contributed by atoms with Gasteiger partial charge in [-0.15, -0.1) is 0 Å². The molecule has 0 aliphatic heterocycles. The van der Waals surface area contributed by atoms with Gasteiger partial charge in [0.15, 0.2) is 0 Å². The fourth-order valence-electron chi connectivity index (χ4n) is 2.56. The summed E-state index contributed by atoms with van der Waals surface area (Å²) < 4.78 is 4.61. The van der Waals surface area contributed by atoms with Gasteiger partial charge in [0.1, 0.15) is 0 Å². The predicted octanol–water partition coefficient (Wildman–Crippen LogP) is 5.94. The molecule has 0 amide bonds. The highest BCUT2D eigenvalue weighted by atomic mass is 16.5. The number of carbonyl (C=O) groups excluding carboxylic acids is 1. The molecule has 0 rings (SSSR count). The zero-order chi connectivity index (χ0) is 17.2. The van der Waals surface area contributed by atoms with Crippen LogP contribution >= 0.6 is 0 Å². The Morgan fingerprint density at radius 2 is 1.70 bits per heavy atom. The van der Waals surface area contributed by atoms with Gasteiger partial charge >= 0.3 is 5.97 Å². The van der Waals surface area contributed by atoms with Crippen molar-refractivity contribution in [1.82, 2.24) is 0 Å². The lowest BCUT2D eigenvalue weighted by Crippen LogP contribution is -2.01. The number of nitroso groups, excluding NO2 is 1. The van der Waals surface area contributed by atoms with Gasteiger partial charge in [-0.25, -0.2) is 0 Å². The summed E-state index contributed by atoms with van der Waals surface area (Å²) in [6.07, 6.45) is 18.0. The molecule has 1 atom stereocenters. The van der Waals surface area contributed by atoms with Crippen molar-refractivity contribution in [3.8, 4) is 0 Å². The first-order valence-electron chi connectivity index (χ1n) is 9.28. The molecule has 0 spiro atoms. The molecule has 23 heavy (non-hydrogen) atoms. The normalized spacial score (nSPS) is 12.4. The summed E-state index contributed by atoms with van der Waals surface area (Å²) in [5.41, 5.74) is 0. The van der Waals surface area contributed by atoms with Gasteiger partial charge in [-0.3, -0.25) is 4.79 Å². The largest absolute Gasteiger partial charge is 0.469 e. The number of rotatable bonds is 16. The summed E-state index contributed by atoms with van der Waals surface area (Å²) in [6, 6.07) is -0.0403. The number of ether oxygens (including phenoxy) is 1. The minimum atomic E-state index is -0.110. The molecule has 0 aromatic carbocycles. The van der Waals surface area contributed by atoms with E-state index in [1.54, 1.807) is 0 Å². The van der Waals surface area contributed by atoms with Crippen molar-refractivity contribution >= 4 is 5.97 Å². The monoisotopic (exact) mass is 325 g/mol. The molecule has 0 fully saturated rings. The molecule has 1 unspecified atom stereocenters. The molecule has 0 bridgehead atoms. The van der Waals surface area contributed by atoms with Crippen LogP contribution in [-0.2, 0) is 9.53 Å². The van der Waals surface area contributed by atoms with E-state index >= 15 is 0 Å². The molecule has 0 radical (unpaired) electrons. The lowest BCUT2D eigenvalue weighted by molar-refractivity contribution is -0.140. The lowest BCUT2D eigenvalue weighted by atomic mass is 10.0. The van der Waals surface area contributed by atoms with Gasteiger partial charge in [-0.1, -0.05) is 69.2 Å². The van der Waals surface area contributed by atoms with Crippen molar-refractivity contribution in [2.75, 3.05) is 7.11 Å². The maximum atomic E-state index is 10.9. The number of methoxy groups -OCH3 is 1. The van der Waals surface area contributed by atoms with Crippen LogP contribution in [0.2, 0.25) is 0 Å². The maximum Gasteiger partial charge on any atom is 0.305 e.